The Balaban J connectivity index is 2.48. The van der Waals surface area contributed by atoms with Gasteiger partial charge in [-0.15, -0.1) is 10.2 Å². The largest absolute Gasteiger partial charge is 0.389 e. The summed E-state index contributed by atoms with van der Waals surface area (Å²) >= 11 is 11.1. The molecule has 0 aromatic carbocycles. The van der Waals surface area contributed by atoms with Crippen molar-refractivity contribution in [2.45, 2.75) is 19.0 Å². The van der Waals surface area contributed by atoms with E-state index >= 15 is 0 Å². The van der Waals surface area contributed by atoms with Crippen molar-refractivity contribution in [2.24, 2.45) is 0 Å². The van der Waals surface area contributed by atoms with E-state index in [2.05, 4.69) is 15.5 Å². The van der Waals surface area contributed by atoms with Gasteiger partial charge in [0, 0.05) is 13.0 Å². The minimum atomic E-state index is -4.23. The Bertz CT molecular complexity index is 440. The van der Waals surface area contributed by atoms with Crippen LogP contribution in [-0.4, -0.2) is 28.8 Å². The Morgan fingerprint density at radius 3 is 2.61 bits per heavy atom. The minimum absolute atomic E-state index is 0.0244. The average molecular weight is 302 g/mol. The second-order valence-corrected chi connectivity index (χ2v) is 4.09. The van der Waals surface area contributed by atoms with Gasteiger partial charge in [-0.25, -0.2) is 0 Å². The van der Waals surface area contributed by atoms with E-state index in [1.165, 1.54) is 6.07 Å². The normalized spacial score (nSPS) is 11.4. The molecule has 9 heteroatoms. The molecule has 18 heavy (non-hydrogen) atoms. The number of aromatic nitrogens is 2. The molecule has 1 aromatic rings. The van der Waals surface area contributed by atoms with Crippen LogP contribution in [0.1, 0.15) is 23.2 Å². The first-order valence-corrected chi connectivity index (χ1v) is 5.59. The van der Waals surface area contributed by atoms with Crippen LogP contribution in [-0.2, 0) is 0 Å². The number of rotatable bonds is 4. The minimum Gasteiger partial charge on any atom is -0.352 e. The summed E-state index contributed by atoms with van der Waals surface area (Å²) < 4.78 is 35.6. The molecular formula is C9H8Cl2F3N3O. The van der Waals surface area contributed by atoms with Crippen LogP contribution in [0.15, 0.2) is 6.07 Å². The van der Waals surface area contributed by atoms with E-state index in [1.54, 1.807) is 0 Å². The highest BCUT2D eigenvalue weighted by molar-refractivity contribution is 6.34. The molecule has 0 aliphatic carbocycles. The third kappa shape index (κ3) is 5.05. The molecule has 0 aliphatic rings. The molecule has 100 valence electrons. The fourth-order valence-corrected chi connectivity index (χ4v) is 1.42. The van der Waals surface area contributed by atoms with Gasteiger partial charge in [-0.2, -0.15) is 13.2 Å². The molecule has 0 unspecified atom stereocenters. The van der Waals surface area contributed by atoms with Crippen LogP contribution in [0.4, 0.5) is 13.2 Å². The van der Waals surface area contributed by atoms with Gasteiger partial charge in [0.25, 0.3) is 5.91 Å². The van der Waals surface area contributed by atoms with Gasteiger partial charge in [-0.3, -0.25) is 4.79 Å². The van der Waals surface area contributed by atoms with Crippen molar-refractivity contribution in [3.63, 3.8) is 0 Å². The number of carbonyl (C=O) groups is 1. The van der Waals surface area contributed by atoms with E-state index in [9.17, 15) is 18.0 Å². The van der Waals surface area contributed by atoms with Gasteiger partial charge in [0.05, 0.1) is 5.56 Å². The summed E-state index contributed by atoms with van der Waals surface area (Å²) in [6.07, 6.45) is -5.40. The van der Waals surface area contributed by atoms with Crippen LogP contribution < -0.4 is 5.32 Å². The molecular weight excluding hydrogens is 294 g/mol. The Kier molecular flexibility index (Phi) is 5.15. The molecule has 0 aliphatic heterocycles. The maximum atomic E-state index is 11.9. The van der Waals surface area contributed by atoms with E-state index in [0.717, 1.165) is 0 Å². The summed E-state index contributed by atoms with van der Waals surface area (Å²) in [7, 11) is 0. The SMILES string of the molecule is O=C(NCCCC(F)(F)F)c1cc(Cl)nnc1Cl. The summed E-state index contributed by atoms with van der Waals surface area (Å²) in [5.41, 5.74) is -0.0244. The Hall–Kier alpha value is -1.08. The lowest BCUT2D eigenvalue weighted by Crippen LogP contribution is -2.26. The molecule has 0 radical (unpaired) electrons. The highest BCUT2D eigenvalue weighted by Crippen LogP contribution is 2.21. The number of hydrogen-bond donors (Lipinski definition) is 1. The smallest absolute Gasteiger partial charge is 0.352 e. The van der Waals surface area contributed by atoms with Crippen LogP contribution in [0.3, 0.4) is 0 Å². The van der Waals surface area contributed by atoms with Crippen molar-refractivity contribution in [1.29, 1.82) is 0 Å². The van der Waals surface area contributed by atoms with E-state index in [4.69, 9.17) is 23.2 Å². The number of alkyl halides is 3. The Morgan fingerprint density at radius 2 is 2.00 bits per heavy atom. The number of halogens is 5. The summed E-state index contributed by atoms with van der Waals surface area (Å²) in [6, 6.07) is 1.19. The molecule has 1 aromatic heterocycles. The zero-order valence-electron chi connectivity index (χ0n) is 8.89. The first kappa shape index (κ1) is 15.0. The van der Waals surface area contributed by atoms with Crippen molar-refractivity contribution in [3.8, 4) is 0 Å². The second-order valence-electron chi connectivity index (χ2n) is 3.35. The van der Waals surface area contributed by atoms with Crippen molar-refractivity contribution in [1.82, 2.24) is 15.5 Å². The molecule has 0 atom stereocenters. The molecule has 0 fully saturated rings. The maximum absolute atomic E-state index is 11.9. The van der Waals surface area contributed by atoms with Crippen molar-refractivity contribution in [3.05, 3.63) is 21.9 Å². The molecule has 1 amide bonds. The number of hydrogen-bond acceptors (Lipinski definition) is 3. The molecule has 0 saturated carbocycles. The lowest BCUT2D eigenvalue weighted by atomic mass is 10.2. The van der Waals surface area contributed by atoms with Crippen LogP contribution in [0.2, 0.25) is 10.3 Å². The highest BCUT2D eigenvalue weighted by Gasteiger charge is 2.26. The fraction of sp³-hybridized carbons (Fsp3) is 0.444. The van der Waals surface area contributed by atoms with E-state index in [-0.39, 0.29) is 28.8 Å². The van der Waals surface area contributed by atoms with E-state index in [1.807, 2.05) is 0 Å². The highest BCUT2D eigenvalue weighted by atomic mass is 35.5. The molecule has 0 spiro atoms. The molecule has 0 saturated heterocycles. The first-order valence-electron chi connectivity index (χ1n) is 4.83. The third-order valence-electron chi connectivity index (χ3n) is 1.89. The molecule has 1 heterocycles. The van der Waals surface area contributed by atoms with Gasteiger partial charge in [-0.1, -0.05) is 23.2 Å². The molecule has 1 N–H and O–H groups in total. The summed E-state index contributed by atoms with van der Waals surface area (Å²) in [5.74, 6) is -0.640. The first-order chi connectivity index (χ1) is 8.29. The zero-order valence-corrected chi connectivity index (χ0v) is 10.4. The Labute approximate surface area is 110 Å². The van der Waals surface area contributed by atoms with E-state index < -0.39 is 18.5 Å². The Morgan fingerprint density at radius 1 is 1.33 bits per heavy atom. The lowest BCUT2D eigenvalue weighted by molar-refractivity contribution is -0.135. The number of amides is 1. The summed E-state index contributed by atoms with van der Waals surface area (Å²) in [6.45, 7) is -0.116. The number of nitrogens with one attached hydrogen (secondary N) is 1. The van der Waals surface area contributed by atoms with Gasteiger partial charge in [0.1, 0.15) is 0 Å². The van der Waals surface area contributed by atoms with Crippen molar-refractivity contribution < 1.29 is 18.0 Å². The summed E-state index contributed by atoms with van der Waals surface area (Å²) in [5, 5.41) is 8.92. The van der Waals surface area contributed by atoms with Gasteiger partial charge in [0.2, 0.25) is 0 Å². The average Bonchev–Trinajstić information content (AvgIpc) is 2.26. The van der Waals surface area contributed by atoms with E-state index in [0.29, 0.717) is 0 Å². The molecule has 0 bridgehead atoms. The topological polar surface area (TPSA) is 54.9 Å². The molecule has 1 rings (SSSR count). The second kappa shape index (κ2) is 6.19. The zero-order chi connectivity index (χ0) is 13.8. The summed E-state index contributed by atoms with van der Waals surface area (Å²) in [4.78, 5) is 11.5. The van der Waals surface area contributed by atoms with Gasteiger partial charge < -0.3 is 5.32 Å². The van der Waals surface area contributed by atoms with Crippen molar-refractivity contribution >= 4 is 29.1 Å². The van der Waals surface area contributed by atoms with Gasteiger partial charge in [0.15, 0.2) is 10.3 Å². The monoisotopic (exact) mass is 301 g/mol. The maximum Gasteiger partial charge on any atom is 0.389 e. The third-order valence-corrected chi connectivity index (χ3v) is 2.35. The number of nitrogens with zero attached hydrogens (tertiary/aromatic N) is 2. The van der Waals surface area contributed by atoms with Gasteiger partial charge in [-0.05, 0) is 12.5 Å². The van der Waals surface area contributed by atoms with Crippen molar-refractivity contribution in [2.75, 3.05) is 6.54 Å². The lowest BCUT2D eigenvalue weighted by Gasteiger charge is -2.08. The van der Waals surface area contributed by atoms with Crippen LogP contribution in [0.25, 0.3) is 0 Å². The standard InChI is InChI=1S/C9H8Cl2F3N3O/c10-6-4-5(7(11)17-16-6)8(18)15-3-1-2-9(12,13)14/h4H,1-3H2,(H,15,18). The van der Waals surface area contributed by atoms with Crippen LogP contribution in [0.5, 0.6) is 0 Å². The predicted molar refractivity (Wildman–Crippen MR) is 59.7 cm³/mol. The van der Waals surface area contributed by atoms with Gasteiger partial charge >= 0.3 is 6.18 Å². The quantitative estimate of drug-likeness (QED) is 0.870. The predicted octanol–water partition coefficient (Wildman–Crippen LogP) is 2.86. The fourth-order valence-electron chi connectivity index (χ4n) is 1.10. The number of carbonyl (C=O) groups excluding carboxylic acids is 1. The molecule has 4 nitrogen and oxygen atoms in total. The van der Waals surface area contributed by atoms with Crippen LogP contribution in [0, 0.1) is 0 Å². The van der Waals surface area contributed by atoms with Crippen LogP contribution >= 0.6 is 23.2 Å².